The summed E-state index contributed by atoms with van der Waals surface area (Å²) in [5, 5.41) is 8.93. The van der Waals surface area contributed by atoms with Crippen LogP contribution in [0.1, 0.15) is 18.2 Å². The van der Waals surface area contributed by atoms with E-state index in [1.54, 1.807) is 11.8 Å². The highest BCUT2D eigenvalue weighted by Crippen LogP contribution is 2.32. The van der Waals surface area contributed by atoms with E-state index in [0.29, 0.717) is 0 Å². The van der Waals surface area contributed by atoms with E-state index < -0.39 is 0 Å². The molecule has 0 amide bonds. The van der Waals surface area contributed by atoms with Crippen molar-refractivity contribution in [1.82, 2.24) is 15.1 Å². The summed E-state index contributed by atoms with van der Waals surface area (Å²) in [4.78, 5) is 1.27. The van der Waals surface area contributed by atoms with Crippen molar-refractivity contribution in [2.45, 2.75) is 30.3 Å². The van der Waals surface area contributed by atoms with Crippen LogP contribution in [0.4, 0.5) is 0 Å². The summed E-state index contributed by atoms with van der Waals surface area (Å²) in [6.07, 6.45) is 0. The lowest BCUT2D eigenvalue weighted by Crippen LogP contribution is -2.12. The highest BCUT2D eigenvalue weighted by molar-refractivity contribution is 9.10. The van der Waals surface area contributed by atoms with Crippen molar-refractivity contribution in [3.8, 4) is 0 Å². The van der Waals surface area contributed by atoms with E-state index >= 15 is 0 Å². The number of hydrogen-bond acceptors (Lipinski definition) is 3. The van der Waals surface area contributed by atoms with E-state index in [1.807, 2.05) is 18.7 Å². The minimum atomic E-state index is 0.884. The lowest BCUT2D eigenvalue weighted by molar-refractivity contribution is 0.691. The molecular formula is C14H18BrN3S. The number of hydrogen-bond donors (Lipinski definition) is 1. The van der Waals surface area contributed by atoms with Crippen molar-refractivity contribution >= 4 is 27.7 Å². The molecule has 1 aromatic heterocycles. The Kier molecular flexibility index (Phi) is 5.07. The minimum absolute atomic E-state index is 0.884. The number of aromatic nitrogens is 2. The number of aryl methyl sites for hydroxylation is 2. The zero-order chi connectivity index (χ0) is 13.8. The smallest absolute Gasteiger partial charge is 0.0987 e. The van der Waals surface area contributed by atoms with Crippen LogP contribution in [-0.2, 0) is 13.6 Å². The molecule has 0 atom stereocenters. The van der Waals surface area contributed by atoms with Crippen molar-refractivity contribution in [2.75, 3.05) is 6.54 Å². The van der Waals surface area contributed by atoms with Crippen molar-refractivity contribution in [3.63, 3.8) is 0 Å². The Morgan fingerprint density at radius 1 is 1.37 bits per heavy atom. The van der Waals surface area contributed by atoms with Crippen LogP contribution in [0.15, 0.2) is 38.7 Å². The van der Waals surface area contributed by atoms with Gasteiger partial charge in [0.05, 0.1) is 10.7 Å². The molecular weight excluding hydrogens is 322 g/mol. The maximum atomic E-state index is 4.39. The Hall–Kier alpha value is -0.780. The first-order chi connectivity index (χ1) is 9.10. The normalized spacial score (nSPS) is 10.9. The monoisotopic (exact) mass is 339 g/mol. The molecule has 0 fully saturated rings. The Balaban J connectivity index is 2.26. The molecule has 0 aliphatic rings. The van der Waals surface area contributed by atoms with E-state index in [-0.39, 0.29) is 0 Å². The Bertz CT molecular complexity index is 566. The quantitative estimate of drug-likeness (QED) is 0.899. The summed E-state index contributed by atoms with van der Waals surface area (Å²) >= 11 is 5.30. The number of benzene rings is 1. The summed E-state index contributed by atoms with van der Waals surface area (Å²) < 4.78 is 3.05. The van der Waals surface area contributed by atoms with Gasteiger partial charge in [-0.2, -0.15) is 5.10 Å². The molecule has 0 unspecified atom stereocenters. The summed E-state index contributed by atoms with van der Waals surface area (Å²) in [5.41, 5.74) is 2.36. The fourth-order valence-electron chi connectivity index (χ4n) is 1.84. The molecule has 1 heterocycles. The highest BCUT2D eigenvalue weighted by atomic mass is 79.9. The van der Waals surface area contributed by atoms with Crippen LogP contribution in [0, 0.1) is 6.92 Å². The van der Waals surface area contributed by atoms with Crippen molar-refractivity contribution in [3.05, 3.63) is 40.0 Å². The standard InChI is InChI=1S/C14H18BrN3S/c1-4-16-9-11-8-12(15)5-6-13(11)19-14-7-10(2)17-18(14)3/h5-8,16H,4,9H2,1-3H3. The molecule has 102 valence electrons. The van der Waals surface area contributed by atoms with Gasteiger partial charge in [0.25, 0.3) is 0 Å². The Morgan fingerprint density at radius 2 is 2.16 bits per heavy atom. The summed E-state index contributed by atoms with van der Waals surface area (Å²) in [6.45, 7) is 6.00. The van der Waals surface area contributed by atoms with Gasteiger partial charge in [0.2, 0.25) is 0 Å². The van der Waals surface area contributed by atoms with Crippen LogP contribution in [0.2, 0.25) is 0 Å². The van der Waals surface area contributed by atoms with E-state index in [9.17, 15) is 0 Å². The molecule has 1 N–H and O–H groups in total. The van der Waals surface area contributed by atoms with Crippen molar-refractivity contribution in [2.24, 2.45) is 7.05 Å². The molecule has 0 saturated carbocycles. The molecule has 1 aromatic carbocycles. The van der Waals surface area contributed by atoms with Crippen LogP contribution in [0.25, 0.3) is 0 Å². The van der Waals surface area contributed by atoms with Gasteiger partial charge in [0.1, 0.15) is 0 Å². The molecule has 5 heteroatoms. The van der Waals surface area contributed by atoms with Crippen LogP contribution >= 0.6 is 27.7 Å². The number of nitrogens with one attached hydrogen (secondary N) is 1. The maximum absolute atomic E-state index is 4.39. The van der Waals surface area contributed by atoms with Gasteiger partial charge < -0.3 is 5.32 Å². The van der Waals surface area contributed by atoms with Gasteiger partial charge in [-0.15, -0.1) is 0 Å². The summed E-state index contributed by atoms with van der Waals surface area (Å²) in [7, 11) is 1.98. The maximum Gasteiger partial charge on any atom is 0.0987 e. The molecule has 19 heavy (non-hydrogen) atoms. The molecule has 0 spiro atoms. The van der Waals surface area contributed by atoms with Crippen molar-refractivity contribution in [1.29, 1.82) is 0 Å². The molecule has 0 aliphatic heterocycles. The first kappa shape index (κ1) is 14.6. The zero-order valence-corrected chi connectivity index (χ0v) is 13.8. The van der Waals surface area contributed by atoms with Gasteiger partial charge in [-0.3, -0.25) is 4.68 Å². The molecule has 0 saturated heterocycles. The second kappa shape index (κ2) is 6.59. The average molecular weight is 340 g/mol. The summed E-state index contributed by atoms with van der Waals surface area (Å²) in [6, 6.07) is 8.53. The predicted molar refractivity (Wildman–Crippen MR) is 83.6 cm³/mol. The lowest BCUT2D eigenvalue weighted by atomic mass is 10.2. The SMILES string of the molecule is CCNCc1cc(Br)ccc1Sc1cc(C)nn1C. The number of nitrogens with zero attached hydrogens (tertiary/aromatic N) is 2. The van der Waals surface area contributed by atoms with Gasteiger partial charge in [-0.25, -0.2) is 0 Å². The predicted octanol–water partition coefficient (Wildman–Crippen LogP) is 3.75. The van der Waals surface area contributed by atoms with Gasteiger partial charge >= 0.3 is 0 Å². The lowest BCUT2D eigenvalue weighted by Gasteiger charge is -2.10. The highest BCUT2D eigenvalue weighted by Gasteiger charge is 2.09. The van der Waals surface area contributed by atoms with E-state index in [0.717, 1.165) is 28.3 Å². The van der Waals surface area contributed by atoms with Gasteiger partial charge in [-0.1, -0.05) is 34.6 Å². The number of halogens is 1. The van der Waals surface area contributed by atoms with E-state index in [2.05, 4.69) is 57.5 Å². The van der Waals surface area contributed by atoms with Crippen LogP contribution in [-0.4, -0.2) is 16.3 Å². The van der Waals surface area contributed by atoms with Crippen LogP contribution in [0.5, 0.6) is 0 Å². The third-order valence-corrected chi connectivity index (χ3v) is 4.46. The third-order valence-electron chi connectivity index (χ3n) is 2.76. The molecule has 0 aliphatic carbocycles. The average Bonchev–Trinajstić information content (AvgIpc) is 2.68. The topological polar surface area (TPSA) is 29.9 Å². The summed E-state index contributed by atoms with van der Waals surface area (Å²) in [5.74, 6) is 0. The second-order valence-corrected chi connectivity index (χ2v) is 6.36. The zero-order valence-electron chi connectivity index (χ0n) is 11.4. The van der Waals surface area contributed by atoms with Gasteiger partial charge in [0.15, 0.2) is 0 Å². The van der Waals surface area contributed by atoms with Crippen LogP contribution < -0.4 is 5.32 Å². The Morgan fingerprint density at radius 3 is 2.79 bits per heavy atom. The minimum Gasteiger partial charge on any atom is -0.313 e. The molecule has 3 nitrogen and oxygen atoms in total. The fourth-order valence-corrected chi connectivity index (χ4v) is 3.27. The van der Waals surface area contributed by atoms with Gasteiger partial charge in [0, 0.05) is 23.0 Å². The molecule has 0 radical (unpaired) electrons. The van der Waals surface area contributed by atoms with E-state index in [4.69, 9.17) is 0 Å². The largest absolute Gasteiger partial charge is 0.313 e. The molecule has 0 bridgehead atoms. The number of rotatable bonds is 5. The Labute approximate surface area is 126 Å². The first-order valence-electron chi connectivity index (χ1n) is 6.27. The first-order valence-corrected chi connectivity index (χ1v) is 7.88. The van der Waals surface area contributed by atoms with Gasteiger partial charge in [-0.05, 0) is 43.3 Å². The second-order valence-electron chi connectivity index (χ2n) is 4.38. The molecule has 2 aromatic rings. The molecule has 2 rings (SSSR count). The van der Waals surface area contributed by atoms with Crippen LogP contribution in [0.3, 0.4) is 0 Å². The fraction of sp³-hybridized carbons (Fsp3) is 0.357. The van der Waals surface area contributed by atoms with E-state index in [1.165, 1.54) is 10.5 Å². The van der Waals surface area contributed by atoms with Crippen molar-refractivity contribution < 1.29 is 0 Å². The third kappa shape index (κ3) is 3.84.